The molecule has 0 aliphatic carbocycles. The maximum Gasteiger partial charge on any atom is 0.338 e. The summed E-state index contributed by atoms with van der Waals surface area (Å²) in [5.74, 6) is -3.88. The predicted octanol–water partition coefficient (Wildman–Crippen LogP) is 8.42. The number of carboxylic acid groups (broad SMARTS) is 2. The van der Waals surface area contributed by atoms with Gasteiger partial charge in [0.05, 0.1) is 36.8 Å². The molecule has 0 aliphatic rings. The van der Waals surface area contributed by atoms with Crippen LogP contribution in [0.4, 0.5) is 11.4 Å². The quantitative estimate of drug-likeness (QED) is 0.0802. The molecule has 0 saturated heterocycles. The number of hydrogen-bond acceptors (Lipinski definition) is 5. The number of aromatic carboxylic acids is 2. The fourth-order valence-corrected chi connectivity index (χ4v) is 5.87. The number of benzene rings is 4. The monoisotopic (exact) mass is 662 g/mol. The molecule has 0 saturated carbocycles. The van der Waals surface area contributed by atoms with Crippen LogP contribution >= 0.6 is 58.2 Å². The van der Waals surface area contributed by atoms with E-state index < -0.39 is 39.2 Å². The van der Waals surface area contributed by atoms with Crippen molar-refractivity contribution < 1.29 is 29.4 Å². The molecule has 1 atom stereocenters. The van der Waals surface area contributed by atoms with E-state index in [1.54, 1.807) is 54.6 Å². The standard InChI is InChI=1S/C29H18Cl4N2O6S/c30-21-19(20(29(40)41)22(31)24(33)23(21)32)26(36)34-16-9-11-18(12-10-16)42-25(14-5-2-1-3-6-14)27(37)35-17-8-4-7-15(13-17)28(38)39/h1-13,25H,(H,34,36)(H,35,37)(H,38,39)(H,40,41). The Kier molecular flexibility index (Phi) is 10.0. The molecule has 2 amide bonds. The van der Waals surface area contributed by atoms with Crippen molar-refractivity contribution in [1.29, 1.82) is 0 Å². The van der Waals surface area contributed by atoms with Crippen LogP contribution in [0.1, 0.15) is 41.9 Å². The van der Waals surface area contributed by atoms with Crippen LogP contribution in [0.3, 0.4) is 0 Å². The highest BCUT2D eigenvalue weighted by atomic mass is 35.5. The Hall–Kier alpha value is -3.73. The summed E-state index contributed by atoms with van der Waals surface area (Å²) in [4.78, 5) is 50.2. The van der Waals surface area contributed by atoms with E-state index in [1.165, 1.54) is 30.0 Å². The Morgan fingerprint density at radius 1 is 0.643 bits per heavy atom. The van der Waals surface area contributed by atoms with Crippen LogP contribution in [0.15, 0.2) is 83.8 Å². The third-order valence-corrected chi connectivity index (χ3v) is 8.86. The normalized spacial score (nSPS) is 11.4. The molecule has 42 heavy (non-hydrogen) atoms. The van der Waals surface area contributed by atoms with Crippen molar-refractivity contribution in [1.82, 2.24) is 0 Å². The molecular weight excluding hydrogens is 646 g/mol. The van der Waals surface area contributed by atoms with Crippen molar-refractivity contribution in [3.05, 3.63) is 121 Å². The minimum atomic E-state index is -1.52. The van der Waals surface area contributed by atoms with Crippen molar-refractivity contribution in [2.24, 2.45) is 0 Å². The van der Waals surface area contributed by atoms with Crippen LogP contribution < -0.4 is 10.6 Å². The Morgan fingerprint density at radius 3 is 1.86 bits per heavy atom. The highest BCUT2D eigenvalue weighted by Crippen LogP contribution is 2.42. The number of carboxylic acids is 2. The first-order chi connectivity index (χ1) is 20.0. The number of amides is 2. The largest absolute Gasteiger partial charge is 0.478 e. The Morgan fingerprint density at radius 2 is 1.26 bits per heavy atom. The van der Waals surface area contributed by atoms with Crippen molar-refractivity contribution in [2.75, 3.05) is 10.6 Å². The summed E-state index contributed by atoms with van der Waals surface area (Å²) in [6, 6.07) is 21.4. The molecule has 13 heteroatoms. The van der Waals surface area contributed by atoms with Gasteiger partial charge < -0.3 is 20.8 Å². The zero-order chi connectivity index (χ0) is 30.6. The van der Waals surface area contributed by atoms with Crippen LogP contribution in [0.2, 0.25) is 20.1 Å². The van der Waals surface area contributed by atoms with E-state index >= 15 is 0 Å². The maximum absolute atomic E-state index is 13.3. The van der Waals surface area contributed by atoms with Gasteiger partial charge in [-0.1, -0.05) is 82.8 Å². The molecule has 0 aliphatic heterocycles. The van der Waals surface area contributed by atoms with E-state index in [2.05, 4.69) is 10.6 Å². The van der Waals surface area contributed by atoms with Gasteiger partial charge in [-0.3, -0.25) is 9.59 Å². The average molecular weight is 664 g/mol. The average Bonchev–Trinajstić information content (AvgIpc) is 2.97. The molecule has 214 valence electrons. The molecule has 4 N–H and O–H groups in total. The van der Waals surface area contributed by atoms with Crippen molar-refractivity contribution in [3.8, 4) is 0 Å². The molecule has 4 aromatic rings. The van der Waals surface area contributed by atoms with Gasteiger partial charge in [0, 0.05) is 16.3 Å². The topological polar surface area (TPSA) is 133 Å². The van der Waals surface area contributed by atoms with Crippen LogP contribution in [-0.2, 0) is 4.79 Å². The highest BCUT2D eigenvalue weighted by molar-refractivity contribution is 8.00. The van der Waals surface area contributed by atoms with Crippen LogP contribution in [0.25, 0.3) is 0 Å². The van der Waals surface area contributed by atoms with Gasteiger partial charge in [0.25, 0.3) is 5.91 Å². The Labute approximate surface area is 263 Å². The minimum absolute atomic E-state index is 0.0363. The first kappa shape index (κ1) is 31.2. The first-order valence-electron chi connectivity index (χ1n) is 11.8. The van der Waals surface area contributed by atoms with Gasteiger partial charge in [0.2, 0.25) is 5.91 Å². The van der Waals surface area contributed by atoms with Gasteiger partial charge >= 0.3 is 11.9 Å². The van der Waals surface area contributed by atoms with Crippen LogP contribution in [0, 0.1) is 0 Å². The number of halogens is 4. The summed E-state index contributed by atoms with van der Waals surface area (Å²) in [6.07, 6.45) is 0. The lowest BCUT2D eigenvalue weighted by molar-refractivity contribution is -0.115. The molecule has 1 unspecified atom stereocenters. The van der Waals surface area contributed by atoms with Gasteiger partial charge in [-0.05, 0) is 48.0 Å². The summed E-state index contributed by atoms with van der Waals surface area (Å²) in [5, 5.41) is 22.2. The zero-order valence-electron chi connectivity index (χ0n) is 21.0. The predicted molar refractivity (Wildman–Crippen MR) is 165 cm³/mol. The number of thioether (sulfide) groups is 1. The molecular formula is C29H18Cl4N2O6S. The molecule has 0 aromatic heterocycles. The van der Waals surface area contributed by atoms with E-state index in [0.717, 1.165) is 0 Å². The van der Waals surface area contributed by atoms with Crippen molar-refractivity contribution in [2.45, 2.75) is 10.1 Å². The Bertz CT molecular complexity index is 1700. The molecule has 0 spiro atoms. The number of hydrogen-bond donors (Lipinski definition) is 4. The lowest BCUT2D eigenvalue weighted by Crippen LogP contribution is -2.19. The molecule has 0 heterocycles. The van der Waals surface area contributed by atoms with E-state index in [9.17, 15) is 29.4 Å². The summed E-state index contributed by atoms with van der Waals surface area (Å²) >= 11 is 25.4. The second-order valence-electron chi connectivity index (χ2n) is 8.57. The van der Waals surface area contributed by atoms with E-state index in [4.69, 9.17) is 46.4 Å². The van der Waals surface area contributed by atoms with Gasteiger partial charge in [-0.15, -0.1) is 11.8 Å². The summed E-state index contributed by atoms with van der Waals surface area (Å²) in [6.45, 7) is 0. The maximum atomic E-state index is 13.3. The third kappa shape index (κ3) is 7.00. The lowest BCUT2D eigenvalue weighted by Gasteiger charge is -2.18. The van der Waals surface area contributed by atoms with Gasteiger partial charge in [0.15, 0.2) is 0 Å². The highest BCUT2D eigenvalue weighted by Gasteiger charge is 2.29. The lowest BCUT2D eigenvalue weighted by atomic mass is 10.1. The van der Waals surface area contributed by atoms with Gasteiger partial charge in [0.1, 0.15) is 5.25 Å². The summed E-state index contributed by atoms with van der Waals surface area (Å²) in [5.41, 5.74) is 0.334. The zero-order valence-corrected chi connectivity index (χ0v) is 24.9. The number of nitrogens with one attached hydrogen (secondary N) is 2. The molecule has 4 rings (SSSR count). The molecule has 8 nitrogen and oxygen atoms in total. The van der Waals surface area contributed by atoms with Gasteiger partial charge in [-0.25, -0.2) is 9.59 Å². The van der Waals surface area contributed by atoms with E-state index in [1.807, 2.05) is 6.07 Å². The summed E-state index contributed by atoms with van der Waals surface area (Å²) < 4.78 is 0. The molecule has 0 radical (unpaired) electrons. The number of carbonyl (C=O) groups is 4. The number of rotatable bonds is 9. The SMILES string of the molecule is O=C(O)c1cccc(NC(=O)C(Sc2ccc(NC(=O)c3c(Cl)c(Cl)c(Cl)c(Cl)c3C(=O)O)cc2)c2ccccc2)c1. The molecule has 4 aromatic carbocycles. The summed E-state index contributed by atoms with van der Waals surface area (Å²) in [7, 11) is 0. The molecule has 0 fully saturated rings. The van der Waals surface area contributed by atoms with Crippen LogP contribution in [-0.4, -0.2) is 34.0 Å². The fourth-order valence-electron chi connectivity index (χ4n) is 3.83. The van der Waals surface area contributed by atoms with Crippen LogP contribution in [0.5, 0.6) is 0 Å². The van der Waals surface area contributed by atoms with Gasteiger partial charge in [-0.2, -0.15) is 0 Å². The number of anilines is 2. The van der Waals surface area contributed by atoms with Crippen molar-refractivity contribution in [3.63, 3.8) is 0 Å². The Balaban J connectivity index is 1.56. The second kappa shape index (κ2) is 13.5. The third-order valence-electron chi connectivity index (χ3n) is 5.79. The smallest absolute Gasteiger partial charge is 0.338 e. The number of carbonyl (C=O) groups excluding carboxylic acids is 2. The van der Waals surface area contributed by atoms with E-state index in [0.29, 0.717) is 21.8 Å². The first-order valence-corrected chi connectivity index (χ1v) is 14.2. The minimum Gasteiger partial charge on any atom is -0.478 e. The molecule has 0 bridgehead atoms. The van der Waals surface area contributed by atoms with Crippen molar-refractivity contribution >= 4 is 93.3 Å². The van der Waals surface area contributed by atoms with E-state index in [-0.39, 0.29) is 26.5 Å². The fraction of sp³-hybridized carbons (Fsp3) is 0.0345. The second-order valence-corrected chi connectivity index (χ2v) is 11.3.